The van der Waals surface area contributed by atoms with Crippen LogP contribution in [0.2, 0.25) is 0 Å². The molecule has 2 aromatic rings. The molecule has 0 bridgehead atoms. The van der Waals surface area contributed by atoms with E-state index < -0.39 is 10.0 Å². The van der Waals surface area contributed by atoms with Crippen LogP contribution < -0.4 is 9.47 Å². The molecule has 0 spiro atoms. The number of rotatable bonds is 5. The number of hydrogen-bond donors (Lipinski definition) is 0. The summed E-state index contributed by atoms with van der Waals surface area (Å²) in [4.78, 5) is 0.318. The Kier molecular flexibility index (Phi) is 5.27. The molecule has 3 rings (SSSR count). The van der Waals surface area contributed by atoms with E-state index in [0.29, 0.717) is 22.9 Å². The maximum atomic E-state index is 13.1. The predicted octanol–water partition coefficient (Wildman–Crippen LogP) is 3.45. The van der Waals surface area contributed by atoms with Gasteiger partial charge in [0.2, 0.25) is 10.0 Å². The van der Waals surface area contributed by atoms with E-state index in [0.717, 1.165) is 16.9 Å². The average molecular weight is 380 g/mol. The zero-order valence-corrected chi connectivity index (χ0v) is 16.1. The first-order valence-electron chi connectivity index (χ1n) is 7.89. The summed E-state index contributed by atoms with van der Waals surface area (Å²) in [5, 5.41) is -0.313. The number of hydrogen-bond acceptors (Lipinski definition) is 5. The van der Waals surface area contributed by atoms with E-state index in [1.165, 1.54) is 0 Å². The minimum atomic E-state index is -3.57. The summed E-state index contributed by atoms with van der Waals surface area (Å²) >= 11 is 1.60. The minimum absolute atomic E-state index is 0.313. The number of methoxy groups -OCH3 is 2. The van der Waals surface area contributed by atoms with Gasteiger partial charge in [-0.05, 0) is 31.2 Å². The lowest BCUT2D eigenvalue weighted by Crippen LogP contribution is -2.30. The van der Waals surface area contributed by atoms with Gasteiger partial charge in [-0.1, -0.05) is 17.7 Å². The van der Waals surface area contributed by atoms with Crippen LogP contribution in [0.1, 0.15) is 16.5 Å². The number of ether oxygens (including phenoxy) is 2. The van der Waals surface area contributed by atoms with Gasteiger partial charge in [-0.3, -0.25) is 0 Å². The highest BCUT2D eigenvalue weighted by Gasteiger charge is 2.38. The van der Waals surface area contributed by atoms with Crippen molar-refractivity contribution in [3.8, 4) is 11.5 Å². The molecule has 1 aliphatic heterocycles. The number of sulfonamides is 1. The second kappa shape index (κ2) is 7.27. The molecule has 7 heteroatoms. The van der Waals surface area contributed by atoms with E-state index in [9.17, 15) is 8.42 Å². The third-order valence-electron chi connectivity index (χ3n) is 4.18. The molecule has 1 fully saturated rings. The first kappa shape index (κ1) is 18.1. The Labute approximate surface area is 153 Å². The Morgan fingerprint density at radius 1 is 1.08 bits per heavy atom. The molecule has 0 N–H and O–H groups in total. The van der Waals surface area contributed by atoms with Gasteiger partial charge in [0.05, 0.1) is 24.5 Å². The fourth-order valence-electron chi connectivity index (χ4n) is 2.81. The molecule has 0 saturated carbocycles. The molecule has 2 aromatic carbocycles. The summed E-state index contributed by atoms with van der Waals surface area (Å²) < 4.78 is 38.4. The van der Waals surface area contributed by atoms with Crippen molar-refractivity contribution in [1.29, 1.82) is 0 Å². The second-order valence-corrected chi connectivity index (χ2v) is 8.84. The van der Waals surface area contributed by atoms with Gasteiger partial charge in [0, 0.05) is 23.9 Å². The standard InChI is InChI=1S/C18H21NO4S2/c1-13-4-7-15(8-5-13)25(20,21)19-10-11-24-18(19)16-9-6-14(22-2)12-17(16)23-3/h4-9,12,18H,10-11H2,1-3H3/t18-/m1/s1. The van der Waals surface area contributed by atoms with Gasteiger partial charge in [-0.25, -0.2) is 8.42 Å². The van der Waals surface area contributed by atoms with Crippen molar-refractivity contribution >= 4 is 21.8 Å². The molecule has 0 aromatic heterocycles. The van der Waals surface area contributed by atoms with Crippen LogP contribution >= 0.6 is 11.8 Å². The Balaban J connectivity index is 1.99. The van der Waals surface area contributed by atoms with Crippen LogP contribution in [0.4, 0.5) is 0 Å². The lowest BCUT2D eigenvalue weighted by Gasteiger charge is -2.25. The van der Waals surface area contributed by atoms with Crippen molar-refractivity contribution in [2.24, 2.45) is 0 Å². The molecule has 25 heavy (non-hydrogen) atoms. The Morgan fingerprint density at radius 2 is 1.80 bits per heavy atom. The highest BCUT2D eigenvalue weighted by atomic mass is 32.2. The van der Waals surface area contributed by atoms with Crippen LogP contribution in [0.25, 0.3) is 0 Å². The van der Waals surface area contributed by atoms with E-state index in [1.54, 1.807) is 48.5 Å². The largest absolute Gasteiger partial charge is 0.497 e. The van der Waals surface area contributed by atoms with Crippen LogP contribution in [-0.4, -0.2) is 39.2 Å². The van der Waals surface area contributed by atoms with Crippen LogP contribution in [0.3, 0.4) is 0 Å². The number of thioether (sulfide) groups is 1. The van der Waals surface area contributed by atoms with Crippen molar-refractivity contribution in [3.05, 3.63) is 53.6 Å². The molecule has 1 atom stereocenters. The predicted molar refractivity (Wildman–Crippen MR) is 99.8 cm³/mol. The van der Waals surface area contributed by atoms with E-state index in [-0.39, 0.29) is 5.37 Å². The first-order valence-corrected chi connectivity index (χ1v) is 10.4. The second-order valence-electron chi connectivity index (χ2n) is 5.76. The zero-order chi connectivity index (χ0) is 18.0. The summed E-state index contributed by atoms with van der Waals surface area (Å²) in [6, 6.07) is 12.4. The lowest BCUT2D eigenvalue weighted by molar-refractivity contribution is 0.379. The molecule has 134 valence electrons. The number of aryl methyl sites for hydroxylation is 1. The summed E-state index contributed by atoms with van der Waals surface area (Å²) in [6.45, 7) is 2.41. The molecule has 0 radical (unpaired) electrons. The molecule has 0 unspecified atom stereocenters. The summed E-state index contributed by atoms with van der Waals surface area (Å²) in [7, 11) is -0.397. The summed E-state index contributed by atoms with van der Waals surface area (Å²) in [6.07, 6.45) is 0. The SMILES string of the molecule is COc1ccc([C@H]2SCCN2S(=O)(=O)c2ccc(C)cc2)c(OC)c1. The molecular weight excluding hydrogens is 358 g/mol. The van der Waals surface area contributed by atoms with Gasteiger partial charge in [-0.2, -0.15) is 4.31 Å². The molecule has 0 aliphatic carbocycles. The lowest BCUT2D eigenvalue weighted by atomic mass is 10.2. The van der Waals surface area contributed by atoms with Gasteiger partial charge in [0.15, 0.2) is 0 Å². The first-order chi connectivity index (χ1) is 12.0. The third-order valence-corrected chi connectivity index (χ3v) is 7.44. The fourth-order valence-corrected chi connectivity index (χ4v) is 6.07. The van der Waals surface area contributed by atoms with Crippen molar-refractivity contribution < 1.29 is 17.9 Å². The van der Waals surface area contributed by atoms with Crippen molar-refractivity contribution in [3.63, 3.8) is 0 Å². The highest BCUT2D eigenvalue weighted by molar-refractivity contribution is 8.01. The molecule has 5 nitrogen and oxygen atoms in total. The van der Waals surface area contributed by atoms with Crippen LogP contribution in [0.15, 0.2) is 47.4 Å². The zero-order valence-electron chi connectivity index (χ0n) is 14.4. The van der Waals surface area contributed by atoms with Gasteiger partial charge < -0.3 is 9.47 Å². The molecule has 1 heterocycles. The van der Waals surface area contributed by atoms with Gasteiger partial charge >= 0.3 is 0 Å². The smallest absolute Gasteiger partial charge is 0.244 e. The Morgan fingerprint density at radius 3 is 2.44 bits per heavy atom. The van der Waals surface area contributed by atoms with Gasteiger partial charge in [-0.15, -0.1) is 11.8 Å². The maximum Gasteiger partial charge on any atom is 0.244 e. The summed E-state index contributed by atoms with van der Waals surface area (Å²) in [5.74, 6) is 2.05. The molecular formula is C18H21NO4S2. The Bertz CT molecular complexity index is 850. The quantitative estimate of drug-likeness (QED) is 0.796. The molecule has 1 aliphatic rings. The van der Waals surface area contributed by atoms with Gasteiger partial charge in [0.25, 0.3) is 0 Å². The van der Waals surface area contributed by atoms with Crippen molar-refractivity contribution in [1.82, 2.24) is 4.31 Å². The topological polar surface area (TPSA) is 55.8 Å². The highest BCUT2D eigenvalue weighted by Crippen LogP contribution is 2.45. The third kappa shape index (κ3) is 3.49. The van der Waals surface area contributed by atoms with Crippen molar-refractivity contribution in [2.45, 2.75) is 17.2 Å². The normalized spacial score (nSPS) is 18.3. The van der Waals surface area contributed by atoms with E-state index in [4.69, 9.17) is 9.47 Å². The summed E-state index contributed by atoms with van der Waals surface area (Å²) in [5.41, 5.74) is 1.87. The molecule has 0 amide bonds. The fraction of sp³-hybridized carbons (Fsp3) is 0.333. The van der Waals surface area contributed by atoms with Crippen LogP contribution in [0, 0.1) is 6.92 Å². The maximum absolute atomic E-state index is 13.1. The van der Waals surface area contributed by atoms with E-state index in [1.807, 2.05) is 31.2 Å². The molecule has 1 saturated heterocycles. The van der Waals surface area contributed by atoms with Gasteiger partial charge in [0.1, 0.15) is 11.5 Å². The van der Waals surface area contributed by atoms with Crippen LogP contribution in [-0.2, 0) is 10.0 Å². The Hall–Kier alpha value is -1.70. The monoisotopic (exact) mass is 379 g/mol. The average Bonchev–Trinajstić information content (AvgIpc) is 3.12. The van der Waals surface area contributed by atoms with E-state index in [2.05, 4.69) is 0 Å². The number of benzene rings is 2. The number of nitrogens with zero attached hydrogens (tertiary/aromatic N) is 1. The van der Waals surface area contributed by atoms with Crippen LogP contribution in [0.5, 0.6) is 11.5 Å². The van der Waals surface area contributed by atoms with Crippen molar-refractivity contribution in [2.75, 3.05) is 26.5 Å². The van der Waals surface area contributed by atoms with E-state index >= 15 is 0 Å². The minimum Gasteiger partial charge on any atom is -0.497 e.